The van der Waals surface area contributed by atoms with E-state index in [0.717, 1.165) is 24.5 Å². The van der Waals surface area contributed by atoms with E-state index in [1.165, 1.54) is 26.6 Å². The van der Waals surface area contributed by atoms with Crippen LogP contribution in [0.1, 0.15) is 13.8 Å². The molecule has 3 heterocycles. The molecule has 0 aliphatic carbocycles. The first kappa shape index (κ1) is 18.0. The average molecular weight is 391 g/mol. The minimum Gasteiger partial charge on any atom is -0.372 e. The maximum absolute atomic E-state index is 4.93. The number of aromatic nitrogens is 1. The summed E-state index contributed by atoms with van der Waals surface area (Å²) in [7, 11) is 0. The lowest BCUT2D eigenvalue weighted by Crippen LogP contribution is -2.21. The van der Waals surface area contributed by atoms with Gasteiger partial charge in [0, 0.05) is 18.8 Å². The van der Waals surface area contributed by atoms with Crippen LogP contribution in [0.5, 0.6) is 0 Å². The average Bonchev–Trinajstić information content (AvgIpc) is 3.43. The SMILES string of the molecule is CCN(CC)c1ccc(-c2cc(-c3cccs3)nc(-c3cccs3)c2)cc1. The first-order chi connectivity index (χ1) is 13.3. The number of anilines is 1. The maximum Gasteiger partial charge on any atom is 0.0815 e. The van der Waals surface area contributed by atoms with Crippen LogP contribution in [0.4, 0.5) is 5.69 Å². The molecule has 0 saturated heterocycles. The van der Waals surface area contributed by atoms with E-state index in [9.17, 15) is 0 Å². The van der Waals surface area contributed by atoms with E-state index in [4.69, 9.17) is 4.98 Å². The molecule has 4 heteroatoms. The molecule has 3 aromatic heterocycles. The smallest absolute Gasteiger partial charge is 0.0815 e. The third-order valence-electron chi connectivity index (χ3n) is 4.70. The Labute approximate surface area is 168 Å². The Morgan fingerprint density at radius 3 is 1.74 bits per heavy atom. The Bertz CT molecular complexity index is 931. The highest BCUT2D eigenvalue weighted by Crippen LogP contribution is 2.34. The van der Waals surface area contributed by atoms with E-state index in [0.29, 0.717) is 0 Å². The van der Waals surface area contributed by atoms with Gasteiger partial charge in [0.2, 0.25) is 0 Å². The van der Waals surface area contributed by atoms with Gasteiger partial charge in [0.25, 0.3) is 0 Å². The molecule has 4 aromatic rings. The summed E-state index contributed by atoms with van der Waals surface area (Å²) in [6.45, 7) is 6.44. The van der Waals surface area contributed by atoms with Crippen LogP contribution in [0.25, 0.3) is 32.3 Å². The predicted molar refractivity (Wildman–Crippen MR) is 120 cm³/mol. The molecule has 0 aliphatic rings. The summed E-state index contributed by atoms with van der Waals surface area (Å²) < 4.78 is 0. The van der Waals surface area contributed by atoms with E-state index in [-0.39, 0.29) is 0 Å². The molecule has 2 nitrogen and oxygen atoms in total. The molecule has 0 N–H and O–H groups in total. The summed E-state index contributed by atoms with van der Waals surface area (Å²) in [6, 6.07) is 21.7. The molecule has 0 spiro atoms. The Morgan fingerprint density at radius 1 is 0.741 bits per heavy atom. The van der Waals surface area contributed by atoms with Crippen molar-refractivity contribution in [2.24, 2.45) is 0 Å². The number of thiophene rings is 2. The van der Waals surface area contributed by atoms with Crippen molar-refractivity contribution in [2.75, 3.05) is 18.0 Å². The summed E-state index contributed by atoms with van der Waals surface area (Å²) in [6.07, 6.45) is 0. The fourth-order valence-electron chi connectivity index (χ4n) is 3.25. The number of rotatable bonds is 6. The number of hydrogen-bond donors (Lipinski definition) is 0. The summed E-state index contributed by atoms with van der Waals surface area (Å²) in [5, 5.41) is 4.21. The third-order valence-corrected chi connectivity index (χ3v) is 6.49. The first-order valence-corrected chi connectivity index (χ1v) is 11.0. The van der Waals surface area contributed by atoms with Gasteiger partial charge in [-0.15, -0.1) is 22.7 Å². The van der Waals surface area contributed by atoms with E-state index in [1.54, 1.807) is 22.7 Å². The zero-order chi connectivity index (χ0) is 18.6. The fraction of sp³-hybridized carbons (Fsp3) is 0.174. The van der Waals surface area contributed by atoms with Crippen LogP contribution in [0.3, 0.4) is 0 Å². The minimum atomic E-state index is 1.02. The van der Waals surface area contributed by atoms with E-state index in [1.807, 2.05) is 0 Å². The standard InChI is InChI=1S/C23H22N2S2/c1-3-25(4-2)19-11-9-17(10-12-19)18-15-20(22-7-5-13-26-22)24-21(16-18)23-8-6-14-27-23/h5-16H,3-4H2,1-2H3. The number of benzene rings is 1. The van der Waals surface area contributed by atoms with Crippen molar-refractivity contribution in [3.8, 4) is 32.3 Å². The molecule has 0 amide bonds. The number of hydrogen-bond acceptors (Lipinski definition) is 4. The maximum atomic E-state index is 4.93. The Kier molecular flexibility index (Phi) is 5.37. The van der Waals surface area contributed by atoms with Crippen molar-refractivity contribution in [3.63, 3.8) is 0 Å². The molecule has 0 aliphatic heterocycles. The van der Waals surface area contributed by atoms with Crippen molar-refractivity contribution in [1.29, 1.82) is 0 Å². The lowest BCUT2D eigenvalue weighted by molar-refractivity contribution is 0.866. The Morgan fingerprint density at radius 2 is 1.30 bits per heavy atom. The molecule has 0 bridgehead atoms. The molecular weight excluding hydrogens is 368 g/mol. The van der Waals surface area contributed by atoms with Gasteiger partial charge in [-0.1, -0.05) is 24.3 Å². The van der Waals surface area contributed by atoms with Crippen LogP contribution in [0.15, 0.2) is 71.4 Å². The van der Waals surface area contributed by atoms with Gasteiger partial charge in [-0.3, -0.25) is 0 Å². The number of pyridine rings is 1. The largest absolute Gasteiger partial charge is 0.372 e. The van der Waals surface area contributed by atoms with Gasteiger partial charge in [-0.05, 0) is 72.1 Å². The molecule has 27 heavy (non-hydrogen) atoms. The van der Waals surface area contributed by atoms with Gasteiger partial charge in [0.15, 0.2) is 0 Å². The molecule has 0 atom stereocenters. The molecule has 136 valence electrons. The van der Waals surface area contributed by atoms with Crippen LogP contribution in [0, 0.1) is 0 Å². The molecule has 0 saturated carbocycles. The highest BCUT2D eigenvalue weighted by molar-refractivity contribution is 7.13. The van der Waals surface area contributed by atoms with Gasteiger partial charge in [0.05, 0.1) is 21.1 Å². The predicted octanol–water partition coefficient (Wildman–Crippen LogP) is 7.05. The second kappa shape index (κ2) is 8.07. The van der Waals surface area contributed by atoms with Gasteiger partial charge in [-0.25, -0.2) is 4.98 Å². The van der Waals surface area contributed by atoms with E-state index < -0.39 is 0 Å². The van der Waals surface area contributed by atoms with Crippen LogP contribution < -0.4 is 4.90 Å². The van der Waals surface area contributed by atoms with Crippen LogP contribution >= 0.6 is 22.7 Å². The lowest BCUT2D eigenvalue weighted by Gasteiger charge is -2.21. The molecule has 0 unspecified atom stereocenters. The van der Waals surface area contributed by atoms with E-state index in [2.05, 4.69) is 90.2 Å². The zero-order valence-corrected chi connectivity index (χ0v) is 17.2. The Balaban J connectivity index is 1.78. The second-order valence-electron chi connectivity index (χ2n) is 6.30. The van der Waals surface area contributed by atoms with Gasteiger partial charge < -0.3 is 4.90 Å². The van der Waals surface area contributed by atoms with Crippen LogP contribution in [0.2, 0.25) is 0 Å². The Hall–Kier alpha value is -2.43. The molecular formula is C23H22N2S2. The quantitative estimate of drug-likeness (QED) is 0.350. The van der Waals surface area contributed by atoms with Crippen molar-refractivity contribution in [2.45, 2.75) is 13.8 Å². The topological polar surface area (TPSA) is 16.1 Å². The van der Waals surface area contributed by atoms with E-state index >= 15 is 0 Å². The molecule has 0 radical (unpaired) electrons. The normalized spacial score (nSPS) is 10.9. The second-order valence-corrected chi connectivity index (χ2v) is 8.20. The third kappa shape index (κ3) is 3.82. The van der Waals surface area contributed by atoms with Crippen LogP contribution in [-0.2, 0) is 0 Å². The van der Waals surface area contributed by atoms with Gasteiger partial charge in [0.1, 0.15) is 0 Å². The summed E-state index contributed by atoms with van der Waals surface area (Å²) >= 11 is 3.46. The number of nitrogens with zero attached hydrogens (tertiary/aromatic N) is 2. The van der Waals surface area contributed by atoms with Crippen molar-refractivity contribution in [3.05, 3.63) is 71.4 Å². The van der Waals surface area contributed by atoms with Crippen molar-refractivity contribution >= 4 is 28.4 Å². The van der Waals surface area contributed by atoms with Crippen molar-refractivity contribution in [1.82, 2.24) is 4.98 Å². The highest BCUT2D eigenvalue weighted by Gasteiger charge is 2.10. The van der Waals surface area contributed by atoms with Gasteiger partial charge >= 0.3 is 0 Å². The molecule has 1 aromatic carbocycles. The van der Waals surface area contributed by atoms with Gasteiger partial charge in [-0.2, -0.15) is 0 Å². The first-order valence-electron chi connectivity index (χ1n) is 9.23. The molecule has 0 fully saturated rings. The highest BCUT2D eigenvalue weighted by atomic mass is 32.1. The minimum absolute atomic E-state index is 1.02. The monoisotopic (exact) mass is 390 g/mol. The summed E-state index contributed by atoms with van der Waals surface area (Å²) in [5.74, 6) is 0. The van der Waals surface area contributed by atoms with Crippen molar-refractivity contribution < 1.29 is 0 Å². The summed E-state index contributed by atoms with van der Waals surface area (Å²) in [5.41, 5.74) is 5.79. The molecule has 4 rings (SSSR count). The zero-order valence-electron chi connectivity index (χ0n) is 15.6. The van der Waals surface area contributed by atoms with Crippen LogP contribution in [-0.4, -0.2) is 18.1 Å². The fourth-order valence-corrected chi connectivity index (χ4v) is 4.62. The summed E-state index contributed by atoms with van der Waals surface area (Å²) in [4.78, 5) is 9.70. The lowest BCUT2D eigenvalue weighted by atomic mass is 10.0.